The average molecular weight is 383 g/mol. The van der Waals surface area contributed by atoms with Crippen LogP contribution in [-0.4, -0.2) is 29.0 Å². The second kappa shape index (κ2) is 7.03. The van der Waals surface area contributed by atoms with Gasteiger partial charge in [0.25, 0.3) is 17.5 Å². The second-order valence-electron chi connectivity index (χ2n) is 6.25. The number of aryl methyl sites for hydroxylation is 2. The van der Waals surface area contributed by atoms with Crippen LogP contribution >= 0.6 is 0 Å². The zero-order chi connectivity index (χ0) is 20.6. The van der Waals surface area contributed by atoms with E-state index in [1.54, 1.807) is 12.1 Å². The lowest BCUT2D eigenvalue weighted by atomic mass is 10.1. The van der Waals surface area contributed by atoms with Gasteiger partial charge in [-0.2, -0.15) is 0 Å². The maximum Gasteiger partial charge on any atom is 0.282 e. The van der Waals surface area contributed by atoms with E-state index in [0.29, 0.717) is 5.69 Å². The average Bonchev–Trinajstić information content (AvgIpc) is 2.93. The van der Waals surface area contributed by atoms with Crippen molar-refractivity contribution in [3.63, 3.8) is 0 Å². The van der Waals surface area contributed by atoms with E-state index in [2.05, 4.69) is 5.43 Å². The number of benzene rings is 2. The Labute approximate surface area is 160 Å². The fourth-order valence-electron chi connectivity index (χ4n) is 2.74. The molecule has 0 aromatic heterocycles. The minimum Gasteiger partial charge on any atom is -0.504 e. The Balaban J connectivity index is 2.04. The first-order chi connectivity index (χ1) is 13.2. The Morgan fingerprint density at radius 1 is 1.18 bits per heavy atom. The van der Waals surface area contributed by atoms with Crippen molar-refractivity contribution in [3.05, 3.63) is 62.7 Å². The minimum absolute atomic E-state index is 0.0773. The number of hydrazine groups is 1. The van der Waals surface area contributed by atoms with Crippen LogP contribution in [0.5, 0.6) is 11.5 Å². The van der Waals surface area contributed by atoms with Gasteiger partial charge < -0.3 is 9.84 Å². The number of amides is 2. The molecule has 2 aromatic carbocycles. The molecule has 1 aliphatic heterocycles. The van der Waals surface area contributed by atoms with Crippen LogP contribution in [-0.2, 0) is 9.59 Å². The number of hydrogen-bond acceptors (Lipinski definition) is 6. The van der Waals surface area contributed by atoms with Crippen LogP contribution in [0.2, 0.25) is 0 Å². The number of aromatic hydroxyl groups is 1. The van der Waals surface area contributed by atoms with Gasteiger partial charge in [-0.3, -0.25) is 25.1 Å². The van der Waals surface area contributed by atoms with Gasteiger partial charge in [0.15, 0.2) is 11.5 Å². The van der Waals surface area contributed by atoms with Gasteiger partial charge in [0.1, 0.15) is 5.57 Å². The lowest BCUT2D eigenvalue weighted by Crippen LogP contribution is -2.35. The predicted molar refractivity (Wildman–Crippen MR) is 101 cm³/mol. The number of anilines is 1. The van der Waals surface area contributed by atoms with Crippen LogP contribution in [0.3, 0.4) is 0 Å². The van der Waals surface area contributed by atoms with Crippen molar-refractivity contribution in [1.29, 1.82) is 0 Å². The quantitative estimate of drug-likeness (QED) is 0.362. The summed E-state index contributed by atoms with van der Waals surface area (Å²) < 4.78 is 4.93. The van der Waals surface area contributed by atoms with Gasteiger partial charge in [0, 0.05) is 11.6 Å². The molecule has 2 aromatic rings. The summed E-state index contributed by atoms with van der Waals surface area (Å²) >= 11 is 0. The fraction of sp³-hybridized carbons (Fsp3) is 0.158. The van der Waals surface area contributed by atoms with Crippen LogP contribution in [0.25, 0.3) is 6.08 Å². The van der Waals surface area contributed by atoms with Gasteiger partial charge in [-0.05, 0) is 43.2 Å². The van der Waals surface area contributed by atoms with Crippen molar-refractivity contribution in [1.82, 2.24) is 5.43 Å². The minimum atomic E-state index is -0.687. The smallest absolute Gasteiger partial charge is 0.282 e. The molecule has 0 radical (unpaired) electrons. The highest BCUT2D eigenvalue weighted by molar-refractivity contribution is 6.31. The number of phenols is 1. The van der Waals surface area contributed by atoms with Crippen LogP contribution < -0.4 is 15.2 Å². The summed E-state index contributed by atoms with van der Waals surface area (Å²) in [6.07, 6.45) is 1.10. The number of nitrogens with zero attached hydrogens (tertiary/aromatic N) is 2. The summed E-state index contributed by atoms with van der Waals surface area (Å²) in [4.78, 5) is 35.5. The Morgan fingerprint density at radius 3 is 2.50 bits per heavy atom. The summed E-state index contributed by atoms with van der Waals surface area (Å²) in [5, 5.41) is 22.4. The van der Waals surface area contributed by atoms with E-state index in [0.717, 1.165) is 34.3 Å². The maximum absolute atomic E-state index is 12.7. The molecule has 0 unspecified atom stereocenters. The molecule has 1 fully saturated rings. The number of methoxy groups -OCH3 is 1. The molecule has 2 N–H and O–H groups in total. The van der Waals surface area contributed by atoms with E-state index in [4.69, 9.17) is 4.74 Å². The lowest BCUT2D eigenvalue weighted by molar-refractivity contribution is -0.385. The summed E-state index contributed by atoms with van der Waals surface area (Å²) in [5.41, 5.74) is 4.21. The first-order valence-electron chi connectivity index (χ1n) is 8.22. The number of non-ortho nitro benzene ring substituents is 1. The zero-order valence-electron chi connectivity index (χ0n) is 15.3. The summed E-state index contributed by atoms with van der Waals surface area (Å²) in [6.45, 7) is 3.80. The third-order valence-corrected chi connectivity index (χ3v) is 4.46. The standard InChI is InChI=1S/C19H17N3O6/c1-10-4-5-13(6-11(10)2)21-19(25)15(18(24)20-21)8-12-7-14(22(26)27)9-16(28-3)17(12)23/h4-9,23H,1-3H3,(H,20,24)/b15-8+. The van der Waals surface area contributed by atoms with E-state index in [-0.39, 0.29) is 22.6 Å². The topological polar surface area (TPSA) is 122 Å². The Kier molecular flexibility index (Phi) is 4.74. The number of phenolic OH excluding ortho intramolecular Hbond substituents is 1. The van der Waals surface area contributed by atoms with Crippen molar-refractivity contribution in [2.45, 2.75) is 13.8 Å². The van der Waals surface area contributed by atoms with E-state index < -0.39 is 22.5 Å². The van der Waals surface area contributed by atoms with Crippen LogP contribution in [0.15, 0.2) is 35.9 Å². The van der Waals surface area contributed by atoms with E-state index in [1.807, 2.05) is 19.9 Å². The molecular formula is C19H17N3O6. The van der Waals surface area contributed by atoms with Gasteiger partial charge in [0.2, 0.25) is 0 Å². The number of hydrogen-bond donors (Lipinski definition) is 2. The highest BCUT2D eigenvalue weighted by Crippen LogP contribution is 2.36. The van der Waals surface area contributed by atoms with Crippen molar-refractivity contribution in [2.75, 3.05) is 12.1 Å². The third kappa shape index (κ3) is 3.25. The fourth-order valence-corrected chi connectivity index (χ4v) is 2.74. The molecule has 0 aliphatic carbocycles. The van der Waals surface area contributed by atoms with Gasteiger partial charge in [-0.15, -0.1) is 0 Å². The molecule has 0 bridgehead atoms. The largest absolute Gasteiger partial charge is 0.504 e. The van der Waals surface area contributed by atoms with Gasteiger partial charge in [-0.1, -0.05) is 6.07 Å². The van der Waals surface area contributed by atoms with Crippen molar-refractivity contribution in [2.24, 2.45) is 0 Å². The van der Waals surface area contributed by atoms with Gasteiger partial charge in [0.05, 0.1) is 23.8 Å². The molecular weight excluding hydrogens is 366 g/mol. The number of nitro groups is 1. The lowest BCUT2D eigenvalue weighted by Gasteiger charge is -2.16. The Morgan fingerprint density at radius 2 is 1.89 bits per heavy atom. The normalized spacial score (nSPS) is 15.1. The molecule has 1 saturated heterocycles. The van der Waals surface area contributed by atoms with Crippen molar-refractivity contribution < 1.29 is 24.4 Å². The number of nitrogens with one attached hydrogen (secondary N) is 1. The summed E-state index contributed by atoms with van der Waals surface area (Å²) in [5.74, 6) is -1.88. The molecule has 2 amide bonds. The van der Waals surface area contributed by atoms with Crippen LogP contribution in [0.1, 0.15) is 16.7 Å². The second-order valence-corrected chi connectivity index (χ2v) is 6.25. The third-order valence-electron chi connectivity index (χ3n) is 4.46. The molecule has 1 heterocycles. The Bertz CT molecular complexity index is 1040. The molecule has 1 aliphatic rings. The number of rotatable bonds is 4. The number of ether oxygens (including phenoxy) is 1. The van der Waals surface area contributed by atoms with Gasteiger partial charge in [-0.25, -0.2) is 5.01 Å². The molecule has 0 atom stereocenters. The Hall–Kier alpha value is -3.88. The maximum atomic E-state index is 12.7. The predicted octanol–water partition coefficient (Wildman–Crippen LogP) is 2.39. The molecule has 0 spiro atoms. The van der Waals surface area contributed by atoms with Crippen molar-refractivity contribution >= 4 is 29.3 Å². The monoisotopic (exact) mass is 383 g/mol. The van der Waals surface area contributed by atoms with Crippen molar-refractivity contribution in [3.8, 4) is 11.5 Å². The van der Waals surface area contributed by atoms with Gasteiger partial charge >= 0.3 is 0 Å². The van der Waals surface area contributed by atoms with Crippen LogP contribution in [0.4, 0.5) is 11.4 Å². The van der Waals surface area contributed by atoms with E-state index >= 15 is 0 Å². The molecule has 144 valence electrons. The van der Waals surface area contributed by atoms with E-state index in [1.165, 1.54) is 7.11 Å². The highest BCUT2D eigenvalue weighted by Gasteiger charge is 2.35. The van der Waals surface area contributed by atoms with E-state index in [9.17, 15) is 24.8 Å². The molecule has 9 heteroatoms. The zero-order valence-corrected chi connectivity index (χ0v) is 15.3. The summed E-state index contributed by atoms with van der Waals surface area (Å²) in [6, 6.07) is 7.38. The SMILES string of the molecule is COc1cc([N+](=O)[O-])cc(/C=C2\C(=O)NN(c3ccc(C)c(C)c3)C2=O)c1O. The molecule has 9 nitrogen and oxygen atoms in total. The summed E-state index contributed by atoms with van der Waals surface area (Å²) in [7, 11) is 1.24. The molecule has 28 heavy (non-hydrogen) atoms. The molecule has 0 saturated carbocycles. The number of carbonyl (C=O) groups excluding carboxylic acids is 2. The molecule has 3 rings (SSSR count). The van der Waals surface area contributed by atoms with Crippen LogP contribution in [0, 0.1) is 24.0 Å². The number of carbonyl (C=O) groups is 2. The number of nitro benzene ring substituents is 1. The first-order valence-corrected chi connectivity index (χ1v) is 8.22. The highest BCUT2D eigenvalue weighted by atomic mass is 16.6. The first kappa shape index (κ1) is 18.9.